The first-order chi connectivity index (χ1) is 8.68. The highest BCUT2D eigenvalue weighted by Gasteiger charge is 2.30. The molecule has 0 amide bonds. The van der Waals surface area contributed by atoms with Gasteiger partial charge < -0.3 is 10.4 Å². The first kappa shape index (κ1) is 13.4. The van der Waals surface area contributed by atoms with Gasteiger partial charge in [0.05, 0.1) is 5.92 Å². The maximum absolute atomic E-state index is 11.2. The Balaban J connectivity index is 1.96. The van der Waals surface area contributed by atoms with Crippen molar-refractivity contribution in [3.8, 4) is 0 Å². The fraction of sp³-hybridized carbons (Fsp3) is 0.500. The summed E-state index contributed by atoms with van der Waals surface area (Å²) in [7, 11) is 0. The Kier molecular flexibility index (Phi) is 4.61. The first-order valence-corrected chi connectivity index (χ1v) is 6.76. The highest BCUT2D eigenvalue weighted by Crippen LogP contribution is 2.25. The van der Waals surface area contributed by atoms with Gasteiger partial charge in [-0.25, -0.2) is 0 Å². The molecule has 1 aromatic carbocycles. The van der Waals surface area contributed by atoms with Crippen LogP contribution in [-0.2, 0) is 11.3 Å². The molecule has 18 heavy (non-hydrogen) atoms. The van der Waals surface area contributed by atoms with Gasteiger partial charge >= 0.3 is 5.97 Å². The van der Waals surface area contributed by atoms with Crippen LogP contribution in [0.3, 0.4) is 0 Å². The lowest BCUT2D eigenvalue weighted by Gasteiger charge is -2.29. The summed E-state index contributed by atoms with van der Waals surface area (Å²) in [6.45, 7) is 0.633. The maximum Gasteiger partial charge on any atom is 0.308 e. The molecule has 0 spiro atoms. The largest absolute Gasteiger partial charge is 0.481 e. The predicted molar refractivity (Wildman–Crippen MR) is 71.7 cm³/mol. The minimum absolute atomic E-state index is 0.0625. The predicted octanol–water partition coefficient (Wildman–Crippen LogP) is 3.07. The highest BCUT2D eigenvalue weighted by atomic mass is 35.5. The van der Waals surface area contributed by atoms with E-state index in [4.69, 9.17) is 11.6 Å². The zero-order chi connectivity index (χ0) is 13.0. The van der Waals surface area contributed by atoms with Crippen LogP contribution in [0.1, 0.15) is 31.2 Å². The minimum Gasteiger partial charge on any atom is -0.481 e. The van der Waals surface area contributed by atoms with Crippen LogP contribution in [0, 0.1) is 5.92 Å². The van der Waals surface area contributed by atoms with Crippen molar-refractivity contribution < 1.29 is 9.90 Å². The molecule has 0 bridgehead atoms. The van der Waals surface area contributed by atoms with Crippen molar-refractivity contribution in [3.05, 3.63) is 34.9 Å². The summed E-state index contributed by atoms with van der Waals surface area (Å²) in [5.41, 5.74) is 1.02. The maximum atomic E-state index is 11.2. The molecule has 1 aliphatic carbocycles. The Hall–Kier alpha value is -1.06. The Morgan fingerprint density at radius 2 is 2.06 bits per heavy atom. The average molecular weight is 268 g/mol. The molecule has 2 atom stereocenters. The molecular weight excluding hydrogens is 250 g/mol. The van der Waals surface area contributed by atoms with Gasteiger partial charge in [-0.15, -0.1) is 0 Å². The van der Waals surface area contributed by atoms with Gasteiger partial charge in [0, 0.05) is 17.6 Å². The molecule has 1 fully saturated rings. The topological polar surface area (TPSA) is 49.3 Å². The summed E-state index contributed by atoms with van der Waals surface area (Å²) in [5, 5.41) is 13.3. The van der Waals surface area contributed by atoms with Crippen molar-refractivity contribution in [3.63, 3.8) is 0 Å². The molecule has 2 N–H and O–H groups in total. The van der Waals surface area contributed by atoms with Crippen molar-refractivity contribution in [2.24, 2.45) is 5.92 Å². The summed E-state index contributed by atoms with van der Waals surface area (Å²) >= 11 is 6.08. The van der Waals surface area contributed by atoms with Gasteiger partial charge in [0.25, 0.3) is 0 Å². The third kappa shape index (κ3) is 3.24. The van der Waals surface area contributed by atoms with Crippen LogP contribution in [0.5, 0.6) is 0 Å². The van der Waals surface area contributed by atoms with Gasteiger partial charge in [0.15, 0.2) is 0 Å². The second kappa shape index (κ2) is 6.21. The van der Waals surface area contributed by atoms with Crippen LogP contribution in [0.4, 0.5) is 0 Å². The molecule has 0 heterocycles. The zero-order valence-electron chi connectivity index (χ0n) is 10.2. The van der Waals surface area contributed by atoms with E-state index in [2.05, 4.69) is 5.32 Å². The number of hydrogen-bond donors (Lipinski definition) is 2. The normalized spacial score (nSPS) is 23.8. The molecule has 98 valence electrons. The van der Waals surface area contributed by atoms with Gasteiger partial charge in [-0.05, 0) is 24.5 Å². The molecule has 0 unspecified atom stereocenters. The lowest BCUT2D eigenvalue weighted by molar-refractivity contribution is -0.143. The molecule has 0 saturated heterocycles. The smallest absolute Gasteiger partial charge is 0.308 e. The fourth-order valence-electron chi connectivity index (χ4n) is 2.55. The van der Waals surface area contributed by atoms with Crippen LogP contribution in [-0.4, -0.2) is 17.1 Å². The number of carboxylic acids is 1. The van der Waals surface area contributed by atoms with E-state index in [1.54, 1.807) is 0 Å². The summed E-state index contributed by atoms with van der Waals surface area (Å²) in [6, 6.07) is 7.72. The van der Waals surface area contributed by atoms with Gasteiger partial charge in [-0.3, -0.25) is 4.79 Å². The SMILES string of the molecule is O=C(O)[C@@H]1CCCC[C@H]1NCc1ccccc1Cl. The lowest BCUT2D eigenvalue weighted by atomic mass is 9.84. The van der Waals surface area contributed by atoms with Crippen molar-refractivity contribution in [1.82, 2.24) is 5.32 Å². The number of benzene rings is 1. The third-order valence-electron chi connectivity index (χ3n) is 3.60. The first-order valence-electron chi connectivity index (χ1n) is 6.38. The monoisotopic (exact) mass is 267 g/mol. The Morgan fingerprint density at radius 1 is 1.33 bits per heavy atom. The molecule has 0 radical (unpaired) electrons. The number of aliphatic carboxylic acids is 1. The third-order valence-corrected chi connectivity index (χ3v) is 3.96. The van der Waals surface area contributed by atoms with E-state index >= 15 is 0 Å². The van der Waals surface area contributed by atoms with Gasteiger partial charge in [0.2, 0.25) is 0 Å². The summed E-state index contributed by atoms with van der Waals surface area (Å²) in [6.07, 6.45) is 3.82. The Bertz CT molecular complexity index is 422. The molecule has 0 aromatic heterocycles. The molecule has 4 heteroatoms. The Labute approximate surface area is 112 Å². The van der Waals surface area contributed by atoms with Crippen molar-refractivity contribution in [2.45, 2.75) is 38.3 Å². The van der Waals surface area contributed by atoms with Crippen LogP contribution < -0.4 is 5.32 Å². The van der Waals surface area contributed by atoms with E-state index < -0.39 is 5.97 Å². The molecule has 1 aromatic rings. The average Bonchev–Trinajstić information content (AvgIpc) is 2.38. The Morgan fingerprint density at radius 3 is 2.78 bits per heavy atom. The molecule has 1 saturated carbocycles. The second-order valence-corrected chi connectivity index (χ2v) is 5.22. The number of rotatable bonds is 4. The van der Waals surface area contributed by atoms with E-state index in [0.717, 1.165) is 36.3 Å². The summed E-state index contributed by atoms with van der Waals surface area (Å²) in [5.74, 6) is -0.951. The fourth-order valence-corrected chi connectivity index (χ4v) is 2.76. The number of carbonyl (C=O) groups is 1. The second-order valence-electron chi connectivity index (χ2n) is 4.81. The summed E-state index contributed by atoms with van der Waals surface area (Å²) in [4.78, 5) is 11.2. The van der Waals surface area contributed by atoms with Crippen molar-refractivity contribution in [1.29, 1.82) is 0 Å². The quantitative estimate of drug-likeness (QED) is 0.881. The highest BCUT2D eigenvalue weighted by molar-refractivity contribution is 6.31. The van der Waals surface area contributed by atoms with Crippen molar-refractivity contribution >= 4 is 17.6 Å². The standard InChI is InChI=1S/C14H18ClNO2/c15-12-7-3-1-5-10(12)9-16-13-8-4-2-6-11(13)14(17)18/h1,3,5,7,11,13,16H,2,4,6,8-9H2,(H,17,18)/t11-,13-/m1/s1. The lowest BCUT2D eigenvalue weighted by Crippen LogP contribution is -2.41. The molecular formula is C14H18ClNO2. The van der Waals surface area contributed by atoms with Crippen LogP contribution >= 0.6 is 11.6 Å². The summed E-state index contributed by atoms with van der Waals surface area (Å²) < 4.78 is 0. The number of nitrogens with one attached hydrogen (secondary N) is 1. The number of halogens is 1. The van der Waals surface area contributed by atoms with E-state index in [-0.39, 0.29) is 12.0 Å². The molecule has 2 rings (SSSR count). The molecule has 0 aliphatic heterocycles. The van der Waals surface area contributed by atoms with Crippen molar-refractivity contribution in [2.75, 3.05) is 0 Å². The van der Waals surface area contributed by atoms with E-state index in [9.17, 15) is 9.90 Å². The molecule has 3 nitrogen and oxygen atoms in total. The van der Waals surface area contributed by atoms with Gasteiger partial charge in [0.1, 0.15) is 0 Å². The number of hydrogen-bond acceptors (Lipinski definition) is 2. The van der Waals surface area contributed by atoms with Crippen LogP contribution in [0.25, 0.3) is 0 Å². The molecule has 1 aliphatic rings. The van der Waals surface area contributed by atoms with E-state index in [0.29, 0.717) is 6.54 Å². The number of carboxylic acid groups (broad SMARTS) is 1. The van der Waals surface area contributed by atoms with Crippen LogP contribution in [0.15, 0.2) is 24.3 Å². The van der Waals surface area contributed by atoms with Gasteiger partial charge in [-0.1, -0.05) is 42.6 Å². The zero-order valence-corrected chi connectivity index (χ0v) is 11.0. The van der Waals surface area contributed by atoms with E-state index in [1.165, 1.54) is 0 Å². The minimum atomic E-state index is -0.689. The van der Waals surface area contributed by atoms with Crippen LogP contribution in [0.2, 0.25) is 5.02 Å². The van der Waals surface area contributed by atoms with E-state index in [1.807, 2.05) is 24.3 Å². The van der Waals surface area contributed by atoms with Gasteiger partial charge in [-0.2, -0.15) is 0 Å².